The molecule has 0 unspecified atom stereocenters. The van der Waals surface area contributed by atoms with Crippen LogP contribution in [0.4, 0.5) is 10.5 Å². The van der Waals surface area contributed by atoms with Crippen molar-refractivity contribution in [3.05, 3.63) is 29.5 Å². The normalized spacial score (nSPS) is 11.1. The Bertz CT molecular complexity index is 654. The Kier molecular flexibility index (Phi) is 5.38. The Labute approximate surface area is 139 Å². The summed E-state index contributed by atoms with van der Waals surface area (Å²) in [4.78, 5) is 11.5. The fourth-order valence-corrected chi connectivity index (χ4v) is 1.93. The highest BCUT2D eigenvalue weighted by molar-refractivity contribution is 6.33. The Balaban J connectivity index is 1.86. The fraction of sp³-hybridized carbons (Fsp3) is 0.429. The number of alkyl carbamates (subject to hydrolysis) is 1. The van der Waals surface area contributed by atoms with Gasteiger partial charge in [0.2, 0.25) is 0 Å². The van der Waals surface area contributed by atoms with Crippen molar-refractivity contribution < 1.29 is 9.53 Å². The van der Waals surface area contributed by atoms with E-state index in [2.05, 4.69) is 26.2 Å². The predicted molar refractivity (Wildman–Crippen MR) is 86.9 cm³/mol. The van der Waals surface area contributed by atoms with Crippen LogP contribution < -0.4 is 10.6 Å². The molecule has 124 valence electrons. The summed E-state index contributed by atoms with van der Waals surface area (Å²) in [5, 5.41) is 17.4. The van der Waals surface area contributed by atoms with Crippen LogP contribution in [-0.4, -0.2) is 45.0 Å². The second-order valence-corrected chi connectivity index (χ2v) is 6.18. The maximum Gasteiger partial charge on any atom is 0.407 e. The summed E-state index contributed by atoms with van der Waals surface area (Å²) in [5.74, 6) is 0. The van der Waals surface area contributed by atoms with Crippen LogP contribution in [0.25, 0.3) is 5.69 Å². The van der Waals surface area contributed by atoms with E-state index in [0.29, 0.717) is 18.1 Å². The zero-order valence-corrected chi connectivity index (χ0v) is 14.0. The summed E-state index contributed by atoms with van der Waals surface area (Å²) in [7, 11) is 0. The van der Waals surface area contributed by atoms with Crippen molar-refractivity contribution >= 4 is 23.4 Å². The van der Waals surface area contributed by atoms with E-state index >= 15 is 0 Å². The highest BCUT2D eigenvalue weighted by Crippen LogP contribution is 2.24. The van der Waals surface area contributed by atoms with E-state index in [0.717, 1.165) is 11.4 Å². The Morgan fingerprint density at radius 2 is 2.13 bits per heavy atom. The van der Waals surface area contributed by atoms with E-state index in [4.69, 9.17) is 16.3 Å². The molecule has 0 radical (unpaired) electrons. The van der Waals surface area contributed by atoms with E-state index in [-0.39, 0.29) is 0 Å². The number of tetrazole rings is 1. The summed E-state index contributed by atoms with van der Waals surface area (Å²) in [6.45, 7) is 6.34. The molecule has 0 atom stereocenters. The molecule has 1 heterocycles. The number of ether oxygens (including phenoxy) is 1. The Hall–Kier alpha value is -2.35. The number of aromatic nitrogens is 4. The first kappa shape index (κ1) is 17.0. The maximum absolute atomic E-state index is 11.5. The molecule has 0 saturated carbocycles. The molecule has 0 aliphatic heterocycles. The first-order valence-corrected chi connectivity index (χ1v) is 7.46. The van der Waals surface area contributed by atoms with Gasteiger partial charge in [-0.05, 0) is 49.4 Å². The molecule has 0 spiro atoms. The van der Waals surface area contributed by atoms with Crippen molar-refractivity contribution in [2.75, 3.05) is 18.4 Å². The van der Waals surface area contributed by atoms with Gasteiger partial charge in [-0.25, -0.2) is 9.48 Å². The lowest BCUT2D eigenvalue weighted by atomic mass is 10.2. The van der Waals surface area contributed by atoms with Gasteiger partial charge in [-0.3, -0.25) is 0 Å². The second-order valence-electron chi connectivity index (χ2n) is 5.77. The van der Waals surface area contributed by atoms with Crippen molar-refractivity contribution in [1.29, 1.82) is 0 Å². The van der Waals surface area contributed by atoms with Crippen LogP contribution in [0.15, 0.2) is 24.5 Å². The number of halogens is 1. The molecular weight excluding hydrogens is 320 g/mol. The third kappa shape index (κ3) is 5.41. The number of carbonyl (C=O) groups is 1. The smallest absolute Gasteiger partial charge is 0.407 e. The minimum absolute atomic E-state index is 0.403. The van der Waals surface area contributed by atoms with Crippen molar-refractivity contribution in [3.63, 3.8) is 0 Å². The summed E-state index contributed by atoms with van der Waals surface area (Å²) in [5.41, 5.74) is 0.994. The zero-order chi connectivity index (χ0) is 16.9. The molecule has 2 N–H and O–H groups in total. The van der Waals surface area contributed by atoms with Gasteiger partial charge in [-0.15, -0.1) is 5.10 Å². The van der Waals surface area contributed by atoms with Gasteiger partial charge in [0.15, 0.2) is 0 Å². The number of hydrogen-bond acceptors (Lipinski definition) is 6. The number of carbonyl (C=O) groups excluding carboxylic acids is 1. The molecule has 9 heteroatoms. The average Bonchev–Trinajstić information content (AvgIpc) is 2.97. The molecule has 1 aromatic carbocycles. The summed E-state index contributed by atoms with van der Waals surface area (Å²) >= 11 is 6.15. The van der Waals surface area contributed by atoms with Crippen molar-refractivity contribution in [2.24, 2.45) is 0 Å². The maximum atomic E-state index is 11.5. The van der Waals surface area contributed by atoms with Gasteiger partial charge in [-0.2, -0.15) is 0 Å². The van der Waals surface area contributed by atoms with Crippen LogP contribution in [0.3, 0.4) is 0 Å². The summed E-state index contributed by atoms with van der Waals surface area (Å²) in [6.07, 6.45) is 1.05. The summed E-state index contributed by atoms with van der Waals surface area (Å²) < 4.78 is 6.68. The minimum atomic E-state index is -0.513. The molecule has 1 amide bonds. The van der Waals surface area contributed by atoms with Crippen LogP contribution in [0.2, 0.25) is 5.02 Å². The summed E-state index contributed by atoms with van der Waals surface area (Å²) in [6, 6.07) is 5.39. The Morgan fingerprint density at radius 1 is 1.35 bits per heavy atom. The largest absolute Gasteiger partial charge is 0.444 e. The molecule has 0 fully saturated rings. The number of nitrogens with zero attached hydrogens (tertiary/aromatic N) is 4. The molecule has 0 aliphatic rings. The van der Waals surface area contributed by atoms with E-state index in [1.807, 2.05) is 32.9 Å². The van der Waals surface area contributed by atoms with Crippen molar-refractivity contribution in [2.45, 2.75) is 26.4 Å². The quantitative estimate of drug-likeness (QED) is 0.812. The third-order valence-electron chi connectivity index (χ3n) is 2.67. The first-order chi connectivity index (χ1) is 10.8. The number of rotatable bonds is 5. The van der Waals surface area contributed by atoms with Gasteiger partial charge >= 0.3 is 6.09 Å². The van der Waals surface area contributed by atoms with Crippen LogP contribution in [0, 0.1) is 0 Å². The van der Waals surface area contributed by atoms with Gasteiger partial charge in [0, 0.05) is 13.1 Å². The Morgan fingerprint density at radius 3 is 2.78 bits per heavy atom. The highest BCUT2D eigenvalue weighted by atomic mass is 35.5. The monoisotopic (exact) mass is 338 g/mol. The number of hydrogen-bond donors (Lipinski definition) is 2. The molecule has 23 heavy (non-hydrogen) atoms. The first-order valence-electron chi connectivity index (χ1n) is 7.09. The molecule has 1 aromatic heterocycles. The fourth-order valence-electron chi connectivity index (χ4n) is 1.75. The van der Waals surface area contributed by atoms with Crippen LogP contribution in [-0.2, 0) is 4.74 Å². The molecule has 2 rings (SSSR count). The molecule has 8 nitrogen and oxygen atoms in total. The number of nitrogens with one attached hydrogen (secondary N) is 2. The molecule has 2 aromatic rings. The van der Waals surface area contributed by atoms with Gasteiger partial charge in [-0.1, -0.05) is 11.6 Å². The van der Waals surface area contributed by atoms with Crippen molar-refractivity contribution in [1.82, 2.24) is 25.5 Å². The van der Waals surface area contributed by atoms with Crippen molar-refractivity contribution in [3.8, 4) is 5.69 Å². The van der Waals surface area contributed by atoms with E-state index in [1.54, 1.807) is 6.07 Å². The van der Waals surface area contributed by atoms with Gasteiger partial charge < -0.3 is 15.4 Å². The number of benzene rings is 1. The van der Waals surface area contributed by atoms with Gasteiger partial charge in [0.05, 0.1) is 16.4 Å². The molecular formula is C14H19ClN6O2. The topological polar surface area (TPSA) is 94.0 Å². The molecule has 0 bridgehead atoms. The highest BCUT2D eigenvalue weighted by Gasteiger charge is 2.15. The SMILES string of the molecule is CC(C)(C)OC(=O)NCCNc1cc(-n2cnnn2)ccc1Cl. The average molecular weight is 339 g/mol. The lowest BCUT2D eigenvalue weighted by molar-refractivity contribution is 0.0530. The number of anilines is 1. The molecule has 0 saturated heterocycles. The standard InChI is InChI=1S/C14H19ClN6O2/c1-14(2,3)23-13(22)17-7-6-16-12-8-10(4-5-11(12)15)21-9-18-19-20-21/h4-5,8-9,16H,6-7H2,1-3H3,(H,17,22). The predicted octanol–water partition coefficient (Wildman–Crippen LogP) is 2.25. The van der Waals surface area contributed by atoms with Gasteiger partial charge in [0.25, 0.3) is 0 Å². The number of amides is 1. The third-order valence-corrected chi connectivity index (χ3v) is 3.00. The zero-order valence-electron chi connectivity index (χ0n) is 13.2. The van der Waals surface area contributed by atoms with E-state index in [1.165, 1.54) is 11.0 Å². The minimum Gasteiger partial charge on any atom is -0.444 e. The lowest BCUT2D eigenvalue weighted by Crippen LogP contribution is -2.35. The second kappa shape index (κ2) is 7.28. The van der Waals surface area contributed by atoms with Gasteiger partial charge in [0.1, 0.15) is 11.9 Å². The van der Waals surface area contributed by atoms with Crippen LogP contribution in [0.5, 0.6) is 0 Å². The van der Waals surface area contributed by atoms with E-state index < -0.39 is 11.7 Å². The van der Waals surface area contributed by atoms with Crippen LogP contribution in [0.1, 0.15) is 20.8 Å². The van der Waals surface area contributed by atoms with E-state index in [9.17, 15) is 4.79 Å². The lowest BCUT2D eigenvalue weighted by Gasteiger charge is -2.19. The molecule has 0 aliphatic carbocycles. The van der Waals surface area contributed by atoms with Crippen LogP contribution >= 0.6 is 11.6 Å².